The molecule has 1 aromatic carbocycles. The second-order valence-electron chi connectivity index (χ2n) is 5.22. The number of carbonyl (C=O) groups excluding carboxylic acids is 1. The van der Waals surface area contributed by atoms with E-state index in [0.717, 1.165) is 5.56 Å². The standard InChI is InChI=1S/C15H17NO6/c17-14(11-3-4-12(22-11)15(18)19)16-8-9-1-2-10-13(7-9)21-6-5-20-10/h1-2,7,11-12H,3-6,8H2,(H,16,17)(H,18,19)/t11-,12+/m0/s1. The normalized spacial score (nSPS) is 23.1. The SMILES string of the molecule is O=C(NCc1ccc2c(c1)OCCO2)[C@@H]1CC[C@H](C(=O)O)O1. The van der Waals surface area contributed by atoms with E-state index in [2.05, 4.69) is 5.32 Å². The first-order valence-electron chi connectivity index (χ1n) is 7.18. The molecule has 2 heterocycles. The zero-order valence-electron chi connectivity index (χ0n) is 11.9. The molecule has 2 aliphatic heterocycles. The van der Waals surface area contributed by atoms with E-state index in [1.807, 2.05) is 18.2 Å². The first-order valence-corrected chi connectivity index (χ1v) is 7.18. The third-order valence-electron chi connectivity index (χ3n) is 3.66. The molecule has 2 N–H and O–H groups in total. The fraction of sp³-hybridized carbons (Fsp3) is 0.467. The predicted molar refractivity (Wildman–Crippen MR) is 74.8 cm³/mol. The van der Waals surface area contributed by atoms with Crippen LogP contribution in [0.25, 0.3) is 0 Å². The van der Waals surface area contributed by atoms with E-state index in [-0.39, 0.29) is 5.91 Å². The van der Waals surface area contributed by atoms with E-state index < -0.39 is 18.2 Å². The molecule has 2 aliphatic rings. The van der Waals surface area contributed by atoms with Crippen LogP contribution in [-0.2, 0) is 20.9 Å². The van der Waals surface area contributed by atoms with Crippen molar-refractivity contribution in [3.05, 3.63) is 23.8 Å². The minimum atomic E-state index is -1.03. The molecular weight excluding hydrogens is 290 g/mol. The second kappa shape index (κ2) is 6.23. The van der Waals surface area contributed by atoms with Gasteiger partial charge in [0.15, 0.2) is 17.6 Å². The van der Waals surface area contributed by atoms with E-state index in [1.165, 1.54) is 0 Å². The highest BCUT2D eigenvalue weighted by molar-refractivity contribution is 5.82. The molecule has 0 spiro atoms. The number of hydrogen-bond acceptors (Lipinski definition) is 5. The highest BCUT2D eigenvalue weighted by atomic mass is 16.6. The summed E-state index contributed by atoms with van der Waals surface area (Å²) in [5.41, 5.74) is 0.880. The van der Waals surface area contributed by atoms with Crippen LogP contribution in [0.2, 0.25) is 0 Å². The molecule has 0 saturated carbocycles. The molecule has 7 nitrogen and oxygen atoms in total. The Labute approximate surface area is 127 Å². The highest BCUT2D eigenvalue weighted by Gasteiger charge is 2.34. The third-order valence-corrected chi connectivity index (χ3v) is 3.66. The van der Waals surface area contributed by atoms with Crippen molar-refractivity contribution >= 4 is 11.9 Å². The first kappa shape index (κ1) is 14.6. The topological polar surface area (TPSA) is 94.1 Å². The van der Waals surface area contributed by atoms with Gasteiger partial charge >= 0.3 is 5.97 Å². The number of aliphatic carboxylic acids is 1. The molecule has 0 aliphatic carbocycles. The van der Waals surface area contributed by atoms with Crippen molar-refractivity contribution in [2.24, 2.45) is 0 Å². The number of rotatable bonds is 4. The van der Waals surface area contributed by atoms with Gasteiger partial charge in [-0.05, 0) is 30.5 Å². The van der Waals surface area contributed by atoms with Crippen molar-refractivity contribution in [1.82, 2.24) is 5.32 Å². The minimum absolute atomic E-state index is 0.293. The van der Waals surface area contributed by atoms with Gasteiger partial charge in [-0.25, -0.2) is 4.79 Å². The zero-order valence-corrected chi connectivity index (χ0v) is 11.9. The van der Waals surface area contributed by atoms with Crippen molar-refractivity contribution < 1.29 is 28.9 Å². The Morgan fingerprint density at radius 3 is 2.59 bits per heavy atom. The van der Waals surface area contributed by atoms with Crippen LogP contribution in [0.3, 0.4) is 0 Å². The molecule has 7 heteroatoms. The smallest absolute Gasteiger partial charge is 0.332 e. The van der Waals surface area contributed by atoms with Gasteiger partial charge in [-0.3, -0.25) is 4.79 Å². The lowest BCUT2D eigenvalue weighted by molar-refractivity contribution is -0.151. The number of ether oxygens (including phenoxy) is 3. The molecule has 3 rings (SSSR count). The summed E-state index contributed by atoms with van der Waals surface area (Å²) in [6.07, 6.45) is -0.801. The van der Waals surface area contributed by atoms with E-state index >= 15 is 0 Å². The van der Waals surface area contributed by atoms with Crippen molar-refractivity contribution in [2.45, 2.75) is 31.6 Å². The van der Waals surface area contributed by atoms with Gasteiger partial charge in [-0.1, -0.05) is 6.07 Å². The van der Waals surface area contributed by atoms with E-state index in [0.29, 0.717) is 44.1 Å². The lowest BCUT2D eigenvalue weighted by Gasteiger charge is -2.19. The number of carbonyl (C=O) groups is 2. The Kier molecular flexibility index (Phi) is 4.15. The number of fused-ring (bicyclic) bond motifs is 1. The number of carboxylic acids is 1. The summed E-state index contributed by atoms with van der Waals surface area (Å²) in [6, 6.07) is 5.48. The van der Waals surface area contributed by atoms with Crippen LogP contribution >= 0.6 is 0 Å². The molecule has 118 valence electrons. The van der Waals surface area contributed by atoms with E-state index in [9.17, 15) is 9.59 Å². The van der Waals surface area contributed by atoms with E-state index in [4.69, 9.17) is 19.3 Å². The Morgan fingerprint density at radius 1 is 1.14 bits per heavy atom. The summed E-state index contributed by atoms with van der Waals surface area (Å²) in [4.78, 5) is 22.8. The number of carboxylic acid groups (broad SMARTS) is 1. The molecule has 0 radical (unpaired) electrons. The van der Waals surface area contributed by atoms with Crippen LogP contribution in [0.1, 0.15) is 18.4 Å². The Morgan fingerprint density at radius 2 is 1.86 bits per heavy atom. The highest BCUT2D eigenvalue weighted by Crippen LogP contribution is 2.30. The maximum absolute atomic E-state index is 12.0. The molecule has 1 aromatic rings. The maximum Gasteiger partial charge on any atom is 0.332 e. The quantitative estimate of drug-likeness (QED) is 0.850. The monoisotopic (exact) mass is 307 g/mol. The van der Waals surface area contributed by atoms with Gasteiger partial charge in [0, 0.05) is 6.54 Å². The van der Waals surface area contributed by atoms with Crippen molar-refractivity contribution in [2.75, 3.05) is 13.2 Å². The van der Waals surface area contributed by atoms with Crippen molar-refractivity contribution in [1.29, 1.82) is 0 Å². The number of hydrogen-bond donors (Lipinski definition) is 2. The van der Waals surface area contributed by atoms with Crippen LogP contribution < -0.4 is 14.8 Å². The summed E-state index contributed by atoms with van der Waals surface area (Å²) in [6.45, 7) is 1.37. The van der Waals surface area contributed by atoms with E-state index in [1.54, 1.807) is 0 Å². The van der Waals surface area contributed by atoms with Crippen molar-refractivity contribution in [3.63, 3.8) is 0 Å². The molecular formula is C15H17NO6. The number of benzene rings is 1. The molecule has 1 fully saturated rings. The van der Waals surface area contributed by atoms with Crippen LogP contribution in [-0.4, -0.2) is 42.4 Å². The fourth-order valence-electron chi connectivity index (χ4n) is 2.51. The van der Waals surface area contributed by atoms with Gasteiger partial charge in [0.05, 0.1) is 0 Å². The molecule has 0 bridgehead atoms. The summed E-state index contributed by atoms with van der Waals surface area (Å²) >= 11 is 0. The predicted octanol–water partition coefficient (Wildman–Crippen LogP) is 0.706. The number of nitrogens with one attached hydrogen (secondary N) is 1. The van der Waals surface area contributed by atoms with Gasteiger partial charge in [0.1, 0.15) is 19.3 Å². The third kappa shape index (κ3) is 3.14. The fourth-order valence-corrected chi connectivity index (χ4v) is 2.51. The lowest BCUT2D eigenvalue weighted by atomic mass is 10.1. The maximum atomic E-state index is 12.0. The Bertz CT molecular complexity index is 587. The first-order chi connectivity index (χ1) is 10.6. The molecule has 0 unspecified atom stereocenters. The van der Waals surface area contributed by atoms with Gasteiger partial charge in [0.25, 0.3) is 0 Å². The number of amides is 1. The molecule has 1 saturated heterocycles. The largest absolute Gasteiger partial charge is 0.486 e. The van der Waals surface area contributed by atoms with Gasteiger partial charge < -0.3 is 24.6 Å². The average molecular weight is 307 g/mol. The molecule has 22 heavy (non-hydrogen) atoms. The van der Waals surface area contributed by atoms with Gasteiger partial charge in [-0.15, -0.1) is 0 Å². The lowest BCUT2D eigenvalue weighted by Crippen LogP contribution is -2.35. The summed E-state index contributed by atoms with van der Waals surface area (Å²) in [7, 11) is 0. The van der Waals surface area contributed by atoms with Crippen LogP contribution in [0.4, 0.5) is 0 Å². The summed E-state index contributed by atoms with van der Waals surface area (Å²) < 4.78 is 16.1. The van der Waals surface area contributed by atoms with Crippen LogP contribution in [0, 0.1) is 0 Å². The average Bonchev–Trinajstić information content (AvgIpc) is 3.03. The van der Waals surface area contributed by atoms with Gasteiger partial charge in [0.2, 0.25) is 5.91 Å². The zero-order chi connectivity index (χ0) is 15.5. The van der Waals surface area contributed by atoms with Crippen molar-refractivity contribution in [3.8, 4) is 11.5 Å². The van der Waals surface area contributed by atoms with Gasteiger partial charge in [-0.2, -0.15) is 0 Å². The molecule has 0 aromatic heterocycles. The second-order valence-corrected chi connectivity index (χ2v) is 5.22. The minimum Gasteiger partial charge on any atom is -0.486 e. The Hall–Kier alpha value is -2.28. The summed E-state index contributed by atoms with van der Waals surface area (Å²) in [5, 5.41) is 11.6. The van der Waals surface area contributed by atoms with Crippen LogP contribution in [0.15, 0.2) is 18.2 Å². The molecule has 2 atom stereocenters. The molecule has 1 amide bonds. The Balaban J connectivity index is 1.54. The summed E-state index contributed by atoms with van der Waals surface area (Å²) in [5.74, 6) is 0.0478. The van der Waals surface area contributed by atoms with Crippen LogP contribution in [0.5, 0.6) is 11.5 Å².